The number of nitrogens with one attached hydrogen (secondary N) is 1. The number of piperazine rings is 1. The largest absolute Gasteiger partial charge is 0.461 e. The molecule has 0 aliphatic carbocycles. The molecule has 4 heterocycles. The van der Waals surface area contributed by atoms with Crippen molar-refractivity contribution in [1.82, 2.24) is 20.1 Å². The average Bonchev–Trinajstić information content (AvgIpc) is 3.60. The number of amides is 1. The molecule has 1 amide bonds. The summed E-state index contributed by atoms with van der Waals surface area (Å²) in [7, 11) is 0. The Bertz CT molecular complexity index is 1340. The van der Waals surface area contributed by atoms with Crippen LogP contribution in [0.1, 0.15) is 37.3 Å². The van der Waals surface area contributed by atoms with Gasteiger partial charge in [-0.25, -0.2) is 0 Å². The van der Waals surface area contributed by atoms with Crippen LogP contribution >= 0.6 is 0 Å². The van der Waals surface area contributed by atoms with Crippen LogP contribution in [0.4, 0.5) is 13.2 Å². The van der Waals surface area contributed by atoms with Crippen LogP contribution in [0.3, 0.4) is 0 Å². The van der Waals surface area contributed by atoms with E-state index in [2.05, 4.69) is 59.0 Å². The van der Waals surface area contributed by atoms with Crippen LogP contribution in [0.2, 0.25) is 0 Å². The van der Waals surface area contributed by atoms with E-state index in [1.165, 1.54) is 10.9 Å². The summed E-state index contributed by atoms with van der Waals surface area (Å²) in [4.78, 5) is 30.9. The van der Waals surface area contributed by atoms with Gasteiger partial charge >= 0.3 is 12.1 Å². The quantitative estimate of drug-likeness (QED) is 0.274. The lowest BCUT2D eigenvalue weighted by Gasteiger charge is -2.43. The highest BCUT2D eigenvalue weighted by molar-refractivity contribution is 5.75. The predicted molar refractivity (Wildman–Crippen MR) is 156 cm³/mol. The van der Waals surface area contributed by atoms with Crippen LogP contribution < -0.4 is 5.32 Å². The second kappa shape index (κ2) is 14.2. The Balaban J connectivity index is 0.000000467. The van der Waals surface area contributed by atoms with Gasteiger partial charge in [-0.05, 0) is 63.4 Å². The van der Waals surface area contributed by atoms with Gasteiger partial charge in [0.25, 0.3) is 0 Å². The minimum Gasteiger partial charge on any atom is -0.461 e. The van der Waals surface area contributed by atoms with Crippen molar-refractivity contribution in [2.75, 3.05) is 39.3 Å². The maximum Gasteiger partial charge on any atom is 0.405 e. The van der Waals surface area contributed by atoms with Gasteiger partial charge in [-0.15, -0.1) is 0 Å². The number of ether oxygens (including phenoxy) is 1. The molecule has 2 aliphatic heterocycles. The third-order valence-corrected chi connectivity index (χ3v) is 7.89. The molecule has 1 N–H and O–H groups in total. The van der Waals surface area contributed by atoms with E-state index in [-0.39, 0.29) is 29.9 Å². The van der Waals surface area contributed by atoms with Crippen molar-refractivity contribution in [1.29, 1.82) is 0 Å². The average molecular weight is 601 g/mol. The number of cyclic esters (lactones) is 1. The zero-order valence-corrected chi connectivity index (χ0v) is 24.8. The van der Waals surface area contributed by atoms with Gasteiger partial charge in [-0.2, -0.15) is 13.2 Å². The molecule has 11 heteroatoms. The summed E-state index contributed by atoms with van der Waals surface area (Å²) in [5.74, 6) is 1.78. The SMILES string of the molecule is Cc1cc(-c2ccc(C(C)(C)N3CCN(C[C@@H]4C[C@@H](Cc5ccccc5)C(=O)O4)CC3)o2)ccn1.O=CNCC(F)(F)F. The van der Waals surface area contributed by atoms with Crippen molar-refractivity contribution in [3.05, 3.63) is 77.8 Å². The van der Waals surface area contributed by atoms with E-state index in [1.807, 2.05) is 37.4 Å². The number of rotatable bonds is 9. The topological polar surface area (TPSA) is 87.9 Å². The van der Waals surface area contributed by atoms with E-state index in [4.69, 9.17) is 9.15 Å². The first-order valence-corrected chi connectivity index (χ1v) is 14.4. The molecule has 2 fully saturated rings. The summed E-state index contributed by atoms with van der Waals surface area (Å²) in [5.41, 5.74) is 3.04. The van der Waals surface area contributed by atoms with Gasteiger partial charge in [0.1, 0.15) is 24.2 Å². The Morgan fingerprint density at radius 2 is 1.77 bits per heavy atom. The maximum atomic E-state index is 12.4. The second-order valence-electron chi connectivity index (χ2n) is 11.5. The van der Waals surface area contributed by atoms with Gasteiger partial charge in [0.15, 0.2) is 0 Å². The fourth-order valence-corrected chi connectivity index (χ4v) is 5.51. The molecule has 232 valence electrons. The molecule has 1 aromatic carbocycles. The summed E-state index contributed by atoms with van der Waals surface area (Å²) < 4.78 is 45.1. The first-order valence-electron chi connectivity index (χ1n) is 14.4. The fraction of sp³-hybridized carbons (Fsp3) is 0.469. The van der Waals surface area contributed by atoms with Crippen molar-refractivity contribution in [2.45, 2.75) is 51.4 Å². The summed E-state index contributed by atoms with van der Waals surface area (Å²) in [6, 6.07) is 18.4. The first kappa shape index (κ1) is 32.2. The third-order valence-electron chi connectivity index (χ3n) is 7.89. The number of carbonyl (C=O) groups excluding carboxylic acids is 2. The molecule has 0 saturated carbocycles. The zero-order valence-electron chi connectivity index (χ0n) is 24.8. The van der Waals surface area contributed by atoms with E-state index in [0.29, 0.717) is 0 Å². The molecular weight excluding hydrogens is 561 g/mol. The van der Waals surface area contributed by atoms with Gasteiger partial charge in [0, 0.05) is 50.2 Å². The molecule has 2 atom stereocenters. The first-order chi connectivity index (χ1) is 20.4. The third kappa shape index (κ3) is 9.14. The molecule has 0 unspecified atom stereocenters. The standard InChI is InChI=1S/C29H35N3O3.C3H4F3NO/c1-21-17-23(11-12-30-21)26-9-10-27(35-26)29(2,3)32-15-13-31(14-16-32)20-25-19-24(28(33)34-25)18-22-7-5-4-6-8-22;4-3(5,6)1-7-2-8/h4-12,17,24-25H,13-16,18-20H2,1-3H3;2H,1H2,(H,7,8)/t24-,25+;/m1./s1. The number of carbonyl (C=O) groups is 2. The van der Waals surface area contributed by atoms with E-state index >= 15 is 0 Å². The number of pyridine rings is 1. The Morgan fingerprint density at radius 1 is 1.05 bits per heavy atom. The lowest BCUT2D eigenvalue weighted by molar-refractivity contribution is -0.145. The minimum absolute atomic E-state index is 0.00720. The number of furan rings is 1. The van der Waals surface area contributed by atoms with Crippen molar-refractivity contribution >= 4 is 12.4 Å². The summed E-state index contributed by atoms with van der Waals surface area (Å²) in [5, 5.41) is 1.48. The number of alkyl halides is 3. The molecule has 5 rings (SSSR count). The van der Waals surface area contributed by atoms with E-state index in [9.17, 15) is 22.8 Å². The number of hydrogen-bond donors (Lipinski definition) is 1. The predicted octanol–water partition coefficient (Wildman–Crippen LogP) is 4.97. The fourth-order valence-electron chi connectivity index (χ4n) is 5.51. The lowest BCUT2D eigenvalue weighted by Crippen LogP contribution is -2.54. The van der Waals surface area contributed by atoms with Gasteiger partial charge in [0.05, 0.1) is 11.5 Å². The van der Waals surface area contributed by atoms with Gasteiger partial charge in [-0.1, -0.05) is 30.3 Å². The van der Waals surface area contributed by atoms with Gasteiger partial charge in [0.2, 0.25) is 6.41 Å². The van der Waals surface area contributed by atoms with Crippen molar-refractivity contribution < 1.29 is 31.9 Å². The molecule has 0 radical (unpaired) electrons. The minimum atomic E-state index is -4.29. The Morgan fingerprint density at radius 3 is 2.40 bits per heavy atom. The monoisotopic (exact) mass is 600 g/mol. The molecule has 0 bridgehead atoms. The van der Waals surface area contributed by atoms with E-state index in [0.717, 1.165) is 68.3 Å². The van der Waals surface area contributed by atoms with Crippen LogP contribution in [0.25, 0.3) is 11.3 Å². The molecule has 43 heavy (non-hydrogen) atoms. The van der Waals surface area contributed by atoms with Crippen molar-refractivity contribution in [3.63, 3.8) is 0 Å². The second-order valence-corrected chi connectivity index (χ2v) is 11.5. The molecule has 3 aromatic rings. The Labute approximate surface area is 250 Å². The van der Waals surface area contributed by atoms with Gasteiger partial charge < -0.3 is 14.5 Å². The molecule has 2 aliphatic rings. The lowest BCUT2D eigenvalue weighted by atomic mass is 9.96. The number of aromatic nitrogens is 1. The normalized spacial score (nSPS) is 19.8. The molecule has 0 spiro atoms. The number of benzene rings is 1. The maximum absolute atomic E-state index is 12.4. The number of hydrogen-bond acceptors (Lipinski definition) is 7. The molecule has 2 aromatic heterocycles. The van der Waals surface area contributed by atoms with E-state index < -0.39 is 12.7 Å². The van der Waals surface area contributed by atoms with Crippen molar-refractivity contribution in [3.8, 4) is 11.3 Å². The number of nitrogens with zero attached hydrogens (tertiary/aromatic N) is 3. The molecule has 8 nitrogen and oxygen atoms in total. The Kier molecular flexibility index (Phi) is 10.6. The number of halogens is 3. The van der Waals surface area contributed by atoms with Crippen LogP contribution in [-0.4, -0.2) is 78.7 Å². The smallest absolute Gasteiger partial charge is 0.405 e. The number of aryl methyl sites for hydroxylation is 1. The van der Waals surface area contributed by atoms with Crippen LogP contribution in [0.15, 0.2) is 65.2 Å². The summed E-state index contributed by atoms with van der Waals surface area (Å²) in [6.07, 6.45) is -0.894. The summed E-state index contributed by atoms with van der Waals surface area (Å²) >= 11 is 0. The zero-order chi connectivity index (χ0) is 31.0. The Hall–Kier alpha value is -3.70. The molecular formula is C32H39F3N4O4. The van der Waals surface area contributed by atoms with Gasteiger partial charge in [-0.3, -0.25) is 24.4 Å². The van der Waals surface area contributed by atoms with E-state index in [1.54, 1.807) is 0 Å². The van der Waals surface area contributed by atoms with Crippen LogP contribution in [-0.2, 0) is 26.3 Å². The van der Waals surface area contributed by atoms with Crippen LogP contribution in [0, 0.1) is 12.8 Å². The highest BCUT2D eigenvalue weighted by Crippen LogP contribution is 2.34. The summed E-state index contributed by atoms with van der Waals surface area (Å²) in [6.45, 7) is 9.83. The molecule has 2 saturated heterocycles. The highest BCUT2D eigenvalue weighted by Gasteiger charge is 2.38. The van der Waals surface area contributed by atoms with Crippen LogP contribution in [0.5, 0.6) is 0 Å². The van der Waals surface area contributed by atoms with Crippen molar-refractivity contribution in [2.24, 2.45) is 5.92 Å². The highest BCUT2D eigenvalue weighted by atomic mass is 19.4. The number of esters is 1.